The normalized spacial score (nSPS) is 17.2. The molecule has 2 aliphatic rings. The fourth-order valence-corrected chi connectivity index (χ4v) is 4.78. The number of nitrogens with one attached hydrogen (secondary N) is 2. The van der Waals surface area contributed by atoms with E-state index in [1.54, 1.807) is 11.0 Å². The third-order valence-corrected chi connectivity index (χ3v) is 7.18. The molecule has 0 radical (unpaired) electrons. The molecule has 0 spiro atoms. The van der Waals surface area contributed by atoms with Gasteiger partial charge in [-0.1, -0.05) is 32.1 Å². The summed E-state index contributed by atoms with van der Waals surface area (Å²) in [5, 5.41) is 16.4. The van der Waals surface area contributed by atoms with Crippen LogP contribution < -0.4 is 10.7 Å². The highest BCUT2D eigenvalue weighted by atomic mass is 32.1. The molecule has 1 fully saturated rings. The molecule has 0 aliphatic carbocycles. The van der Waals surface area contributed by atoms with Crippen LogP contribution in [0.2, 0.25) is 0 Å². The fourth-order valence-electron chi connectivity index (χ4n) is 3.99. The standard InChI is InChI=1S/C23H29N7O3S/c1-13-5-6-15(19(32)25-22-29-28-21(34-22)23(2,3)4)18(24-13)14-9-11-30(12-10-14)20(33)16-7-8-17(31)27-26-16/h5-6,14H,7-12H2,1-4H3,(H,27,31)(H,25,29,32). The van der Waals surface area contributed by atoms with Crippen LogP contribution in [0.25, 0.3) is 0 Å². The molecule has 34 heavy (non-hydrogen) atoms. The predicted octanol–water partition coefficient (Wildman–Crippen LogP) is 2.76. The molecule has 0 unspecified atom stereocenters. The van der Waals surface area contributed by atoms with E-state index in [1.807, 2.05) is 13.0 Å². The van der Waals surface area contributed by atoms with Gasteiger partial charge in [0.25, 0.3) is 11.8 Å². The summed E-state index contributed by atoms with van der Waals surface area (Å²) in [4.78, 5) is 43.6. The molecule has 10 nitrogen and oxygen atoms in total. The summed E-state index contributed by atoms with van der Waals surface area (Å²) in [5.74, 6) is -0.517. The number of hydrazone groups is 1. The molecular formula is C23H29N7O3S. The predicted molar refractivity (Wildman–Crippen MR) is 129 cm³/mol. The first-order valence-corrected chi connectivity index (χ1v) is 12.2. The fraction of sp³-hybridized carbons (Fsp3) is 0.522. The molecule has 0 atom stereocenters. The zero-order valence-corrected chi connectivity index (χ0v) is 20.7. The van der Waals surface area contributed by atoms with Crippen molar-refractivity contribution >= 4 is 39.9 Å². The second-order valence-corrected chi connectivity index (χ2v) is 10.6. The average molecular weight is 484 g/mol. The Morgan fingerprint density at radius 2 is 1.88 bits per heavy atom. The van der Waals surface area contributed by atoms with Crippen LogP contribution in [-0.4, -0.2) is 56.6 Å². The van der Waals surface area contributed by atoms with Crippen molar-refractivity contribution in [2.45, 2.75) is 64.7 Å². The lowest BCUT2D eigenvalue weighted by molar-refractivity contribution is -0.125. The van der Waals surface area contributed by atoms with E-state index in [0.717, 1.165) is 16.4 Å². The number of anilines is 1. The maximum Gasteiger partial charge on any atom is 0.270 e. The van der Waals surface area contributed by atoms with Gasteiger partial charge >= 0.3 is 0 Å². The zero-order valence-electron chi connectivity index (χ0n) is 19.8. The van der Waals surface area contributed by atoms with Crippen LogP contribution in [-0.2, 0) is 15.0 Å². The molecule has 0 saturated carbocycles. The van der Waals surface area contributed by atoms with Gasteiger partial charge < -0.3 is 4.90 Å². The zero-order chi connectivity index (χ0) is 24.5. The Balaban J connectivity index is 1.45. The summed E-state index contributed by atoms with van der Waals surface area (Å²) in [6.07, 6.45) is 2.01. The summed E-state index contributed by atoms with van der Waals surface area (Å²) in [6.45, 7) is 9.13. The van der Waals surface area contributed by atoms with E-state index in [-0.39, 0.29) is 35.5 Å². The largest absolute Gasteiger partial charge is 0.337 e. The molecular weight excluding hydrogens is 454 g/mol. The van der Waals surface area contributed by atoms with Crippen LogP contribution in [0.3, 0.4) is 0 Å². The molecule has 3 amide bonds. The molecule has 4 heterocycles. The van der Waals surface area contributed by atoms with Gasteiger partial charge in [0.15, 0.2) is 0 Å². The third kappa shape index (κ3) is 5.30. The van der Waals surface area contributed by atoms with E-state index >= 15 is 0 Å². The van der Waals surface area contributed by atoms with Gasteiger partial charge in [0, 0.05) is 43.0 Å². The Morgan fingerprint density at radius 3 is 2.50 bits per heavy atom. The molecule has 0 bridgehead atoms. The van der Waals surface area contributed by atoms with Gasteiger partial charge in [0.05, 0.1) is 11.3 Å². The van der Waals surface area contributed by atoms with Crippen LogP contribution in [0.1, 0.15) is 79.1 Å². The molecule has 2 N–H and O–H groups in total. The summed E-state index contributed by atoms with van der Waals surface area (Å²) < 4.78 is 0. The van der Waals surface area contributed by atoms with Crippen LogP contribution in [0.15, 0.2) is 17.2 Å². The number of carbonyl (C=O) groups is 3. The van der Waals surface area contributed by atoms with Crippen molar-refractivity contribution in [2.75, 3.05) is 18.4 Å². The minimum Gasteiger partial charge on any atom is -0.337 e. The topological polar surface area (TPSA) is 130 Å². The van der Waals surface area contributed by atoms with Crippen LogP contribution >= 0.6 is 11.3 Å². The lowest BCUT2D eigenvalue weighted by Crippen LogP contribution is -2.44. The smallest absolute Gasteiger partial charge is 0.270 e. The number of aryl methyl sites for hydroxylation is 1. The lowest BCUT2D eigenvalue weighted by atomic mass is 9.89. The highest BCUT2D eigenvalue weighted by molar-refractivity contribution is 7.15. The number of amides is 3. The highest BCUT2D eigenvalue weighted by Crippen LogP contribution is 2.31. The number of rotatable bonds is 4. The average Bonchev–Trinajstić information content (AvgIpc) is 3.28. The van der Waals surface area contributed by atoms with Gasteiger partial charge in [-0.25, -0.2) is 5.43 Å². The minimum absolute atomic E-state index is 0.0530. The Bertz CT molecular complexity index is 1140. The van der Waals surface area contributed by atoms with E-state index in [2.05, 4.69) is 46.8 Å². The number of hydrogen-bond acceptors (Lipinski definition) is 8. The second kappa shape index (κ2) is 9.57. The van der Waals surface area contributed by atoms with Crippen LogP contribution in [0.4, 0.5) is 5.13 Å². The number of piperidine rings is 1. The van der Waals surface area contributed by atoms with E-state index < -0.39 is 0 Å². The third-order valence-electron chi connectivity index (χ3n) is 5.92. The first-order valence-electron chi connectivity index (χ1n) is 11.4. The van der Waals surface area contributed by atoms with Crippen LogP contribution in [0, 0.1) is 6.92 Å². The number of likely N-dealkylation sites (tertiary alicyclic amines) is 1. The van der Waals surface area contributed by atoms with E-state index in [9.17, 15) is 14.4 Å². The Kier molecular flexibility index (Phi) is 6.74. The first kappa shape index (κ1) is 23.9. The minimum atomic E-state index is -0.259. The SMILES string of the molecule is Cc1ccc(C(=O)Nc2nnc(C(C)(C)C)s2)c(C2CCN(C(=O)C3=NNC(=O)CC3)CC2)n1. The maximum absolute atomic E-state index is 13.1. The Labute approximate surface area is 202 Å². The molecule has 11 heteroatoms. The van der Waals surface area contributed by atoms with Gasteiger partial charge in [-0.3, -0.25) is 24.7 Å². The van der Waals surface area contributed by atoms with Crippen molar-refractivity contribution in [1.29, 1.82) is 0 Å². The van der Waals surface area contributed by atoms with Gasteiger partial charge in [-0.05, 0) is 31.9 Å². The number of carbonyl (C=O) groups excluding carboxylic acids is 3. The van der Waals surface area contributed by atoms with Crippen LogP contribution in [0.5, 0.6) is 0 Å². The molecule has 2 aliphatic heterocycles. The molecule has 180 valence electrons. The number of aromatic nitrogens is 3. The van der Waals surface area contributed by atoms with Gasteiger partial charge in [0.2, 0.25) is 11.0 Å². The Morgan fingerprint density at radius 1 is 1.15 bits per heavy atom. The van der Waals surface area contributed by atoms with Crippen molar-refractivity contribution in [1.82, 2.24) is 25.5 Å². The van der Waals surface area contributed by atoms with Gasteiger partial charge in [-0.15, -0.1) is 10.2 Å². The van der Waals surface area contributed by atoms with Crippen molar-refractivity contribution < 1.29 is 14.4 Å². The lowest BCUT2D eigenvalue weighted by Gasteiger charge is -2.33. The van der Waals surface area contributed by atoms with Crippen molar-refractivity contribution in [3.8, 4) is 0 Å². The molecule has 1 saturated heterocycles. The summed E-state index contributed by atoms with van der Waals surface area (Å²) in [5.41, 5.74) is 4.72. The van der Waals surface area contributed by atoms with Crippen molar-refractivity contribution in [3.05, 3.63) is 34.1 Å². The Hall–Kier alpha value is -3.21. The number of hydrogen-bond donors (Lipinski definition) is 2. The van der Waals surface area contributed by atoms with Crippen molar-refractivity contribution in [2.24, 2.45) is 5.10 Å². The number of pyridine rings is 1. The number of nitrogens with zero attached hydrogens (tertiary/aromatic N) is 5. The van der Waals surface area contributed by atoms with E-state index in [0.29, 0.717) is 48.8 Å². The summed E-state index contributed by atoms with van der Waals surface area (Å²) in [6, 6.07) is 3.63. The molecule has 2 aromatic rings. The van der Waals surface area contributed by atoms with Gasteiger partial charge in [0.1, 0.15) is 10.7 Å². The summed E-state index contributed by atoms with van der Waals surface area (Å²) in [7, 11) is 0. The molecule has 2 aromatic heterocycles. The molecule has 0 aromatic carbocycles. The second-order valence-electron chi connectivity index (χ2n) is 9.66. The van der Waals surface area contributed by atoms with Crippen molar-refractivity contribution in [3.63, 3.8) is 0 Å². The summed E-state index contributed by atoms with van der Waals surface area (Å²) >= 11 is 1.37. The monoisotopic (exact) mass is 483 g/mol. The molecule has 4 rings (SSSR count). The maximum atomic E-state index is 13.1. The first-order chi connectivity index (χ1) is 16.1. The van der Waals surface area contributed by atoms with E-state index in [1.165, 1.54) is 11.3 Å². The van der Waals surface area contributed by atoms with E-state index in [4.69, 9.17) is 4.98 Å². The quantitative estimate of drug-likeness (QED) is 0.688. The van der Waals surface area contributed by atoms with Gasteiger partial charge in [-0.2, -0.15) is 5.10 Å². The highest BCUT2D eigenvalue weighted by Gasteiger charge is 2.31.